The average Bonchev–Trinajstić information content (AvgIpc) is 3.23. The van der Waals surface area contributed by atoms with Crippen LogP contribution >= 0.6 is 15.9 Å². The maximum atomic E-state index is 11.7. The Morgan fingerprint density at radius 3 is 2.37 bits per heavy atom. The molecule has 3 aromatic rings. The summed E-state index contributed by atoms with van der Waals surface area (Å²) >= 11 is 3.47. The number of hydrogen-bond donors (Lipinski definition) is 2. The Kier molecular flexibility index (Phi) is 8.51. The molecule has 0 bridgehead atoms. The number of carbonyl (C=O) groups is 1. The molecule has 0 atom stereocenters. The Balaban J connectivity index is 1.45. The first-order valence-electron chi connectivity index (χ1n) is 10.5. The summed E-state index contributed by atoms with van der Waals surface area (Å²) in [7, 11) is 0. The third kappa shape index (κ3) is 6.73. The van der Waals surface area contributed by atoms with E-state index in [9.17, 15) is 4.79 Å². The molecule has 0 aliphatic rings. The number of ether oxygens (including phenoxy) is 1. The number of unbranched alkanes of at least 4 members (excludes halogenated alkanes) is 3. The summed E-state index contributed by atoms with van der Waals surface area (Å²) in [5.74, 6) is 0.838. The number of alkyl carbamates (subject to hydrolysis) is 1. The van der Waals surface area contributed by atoms with Crippen LogP contribution in [0, 0.1) is 0 Å². The second kappa shape index (κ2) is 11.6. The molecule has 1 heterocycles. The number of imidazole rings is 1. The van der Waals surface area contributed by atoms with Crippen LogP contribution < -0.4 is 5.32 Å². The molecule has 1 amide bonds. The van der Waals surface area contributed by atoms with Gasteiger partial charge in [0.25, 0.3) is 0 Å². The van der Waals surface area contributed by atoms with Gasteiger partial charge in [0.05, 0.1) is 12.3 Å². The molecule has 0 saturated carbocycles. The molecule has 0 radical (unpaired) electrons. The number of halogens is 1. The minimum absolute atomic E-state index is 0.359. The van der Waals surface area contributed by atoms with Gasteiger partial charge in [-0.3, -0.25) is 0 Å². The predicted octanol–water partition coefficient (Wildman–Crippen LogP) is 6.36. The predicted molar refractivity (Wildman–Crippen MR) is 124 cm³/mol. The number of aromatic amines is 1. The largest absolute Gasteiger partial charge is 0.450 e. The van der Waals surface area contributed by atoms with Crippen molar-refractivity contribution in [1.29, 1.82) is 0 Å². The SMILES string of the molecule is CCCCCCOC(=O)NCCc1nc(-c2ccc(-c3ccc(Br)cc3)cc2)c[nH]1. The first-order chi connectivity index (χ1) is 14.7. The van der Waals surface area contributed by atoms with Crippen LogP contribution in [-0.4, -0.2) is 29.2 Å². The molecule has 2 aromatic carbocycles. The van der Waals surface area contributed by atoms with E-state index in [0.717, 1.165) is 34.4 Å². The molecule has 0 aliphatic heterocycles. The van der Waals surface area contributed by atoms with Crippen LogP contribution in [0.15, 0.2) is 59.2 Å². The van der Waals surface area contributed by atoms with E-state index in [4.69, 9.17) is 4.74 Å². The molecule has 158 valence electrons. The Morgan fingerprint density at radius 2 is 1.67 bits per heavy atom. The van der Waals surface area contributed by atoms with Crippen molar-refractivity contribution >= 4 is 22.0 Å². The zero-order chi connectivity index (χ0) is 21.2. The molecule has 2 N–H and O–H groups in total. The van der Waals surface area contributed by atoms with E-state index >= 15 is 0 Å². The zero-order valence-corrected chi connectivity index (χ0v) is 18.9. The second-order valence-electron chi connectivity index (χ2n) is 7.19. The topological polar surface area (TPSA) is 67.0 Å². The van der Waals surface area contributed by atoms with Gasteiger partial charge in [-0.2, -0.15) is 0 Å². The molecule has 0 unspecified atom stereocenters. The lowest BCUT2D eigenvalue weighted by molar-refractivity contribution is 0.144. The first kappa shape index (κ1) is 22.1. The van der Waals surface area contributed by atoms with Crippen LogP contribution in [0.1, 0.15) is 38.4 Å². The molecule has 3 rings (SSSR count). The molecule has 5 nitrogen and oxygen atoms in total. The Morgan fingerprint density at radius 1 is 1.00 bits per heavy atom. The standard InChI is InChI=1S/C24H28BrN3O2/c1-2-3-4-5-16-30-24(29)26-15-14-23-27-17-22(28-23)20-8-6-18(7-9-20)19-10-12-21(25)13-11-19/h6-13,17H,2-5,14-16H2,1H3,(H,26,29)(H,27,28). The summed E-state index contributed by atoms with van der Waals surface area (Å²) in [6, 6.07) is 16.6. The summed E-state index contributed by atoms with van der Waals surface area (Å²) in [5, 5.41) is 2.78. The van der Waals surface area contributed by atoms with Crippen molar-refractivity contribution in [2.24, 2.45) is 0 Å². The van der Waals surface area contributed by atoms with E-state index in [2.05, 4.69) is 74.5 Å². The van der Waals surface area contributed by atoms with Gasteiger partial charge in [0.15, 0.2) is 0 Å². The third-order valence-corrected chi connectivity index (χ3v) is 5.38. The number of benzene rings is 2. The Bertz CT molecular complexity index is 920. The summed E-state index contributed by atoms with van der Waals surface area (Å²) in [6.45, 7) is 3.13. The number of nitrogens with zero attached hydrogens (tertiary/aromatic N) is 1. The molecule has 1 aromatic heterocycles. The lowest BCUT2D eigenvalue weighted by Gasteiger charge is -2.06. The smallest absolute Gasteiger partial charge is 0.407 e. The van der Waals surface area contributed by atoms with Crippen molar-refractivity contribution in [1.82, 2.24) is 15.3 Å². The molecule has 30 heavy (non-hydrogen) atoms. The van der Waals surface area contributed by atoms with E-state index in [-0.39, 0.29) is 6.09 Å². The molecule has 0 saturated heterocycles. The minimum atomic E-state index is -0.359. The molecule has 6 heteroatoms. The highest BCUT2D eigenvalue weighted by molar-refractivity contribution is 9.10. The molecular formula is C24H28BrN3O2. The van der Waals surface area contributed by atoms with Crippen molar-refractivity contribution in [3.8, 4) is 22.4 Å². The molecule has 0 aliphatic carbocycles. The van der Waals surface area contributed by atoms with Crippen molar-refractivity contribution in [2.75, 3.05) is 13.2 Å². The van der Waals surface area contributed by atoms with Crippen LogP contribution in [0.3, 0.4) is 0 Å². The van der Waals surface area contributed by atoms with Crippen LogP contribution in [0.4, 0.5) is 4.79 Å². The van der Waals surface area contributed by atoms with Crippen LogP contribution in [0.25, 0.3) is 22.4 Å². The van der Waals surface area contributed by atoms with Gasteiger partial charge >= 0.3 is 6.09 Å². The summed E-state index contributed by atoms with van der Waals surface area (Å²) in [5.41, 5.74) is 4.29. The summed E-state index contributed by atoms with van der Waals surface area (Å²) in [4.78, 5) is 19.5. The van der Waals surface area contributed by atoms with E-state index < -0.39 is 0 Å². The van der Waals surface area contributed by atoms with Gasteiger partial charge in [0.1, 0.15) is 5.82 Å². The van der Waals surface area contributed by atoms with Crippen molar-refractivity contribution in [3.05, 3.63) is 65.0 Å². The van der Waals surface area contributed by atoms with Crippen molar-refractivity contribution in [2.45, 2.75) is 39.0 Å². The summed E-state index contributed by atoms with van der Waals surface area (Å²) < 4.78 is 6.24. The van der Waals surface area contributed by atoms with Crippen LogP contribution in [0.5, 0.6) is 0 Å². The van der Waals surface area contributed by atoms with Gasteiger partial charge in [0.2, 0.25) is 0 Å². The second-order valence-corrected chi connectivity index (χ2v) is 8.11. The van der Waals surface area contributed by atoms with Gasteiger partial charge in [-0.25, -0.2) is 9.78 Å². The van der Waals surface area contributed by atoms with Gasteiger partial charge in [0, 0.05) is 29.2 Å². The maximum Gasteiger partial charge on any atom is 0.407 e. The van der Waals surface area contributed by atoms with Gasteiger partial charge in [-0.05, 0) is 29.7 Å². The monoisotopic (exact) mass is 469 g/mol. The fourth-order valence-electron chi connectivity index (χ4n) is 3.14. The minimum Gasteiger partial charge on any atom is -0.450 e. The van der Waals surface area contributed by atoms with E-state index in [1.54, 1.807) is 0 Å². The Hall–Kier alpha value is -2.60. The summed E-state index contributed by atoms with van der Waals surface area (Å²) in [6.07, 6.45) is 6.54. The number of amides is 1. The average molecular weight is 470 g/mol. The third-order valence-electron chi connectivity index (χ3n) is 4.85. The highest BCUT2D eigenvalue weighted by atomic mass is 79.9. The fourth-order valence-corrected chi connectivity index (χ4v) is 3.41. The number of carbonyl (C=O) groups excluding carboxylic acids is 1. The highest BCUT2D eigenvalue weighted by Crippen LogP contribution is 2.25. The lowest BCUT2D eigenvalue weighted by Crippen LogP contribution is -2.27. The van der Waals surface area contributed by atoms with Gasteiger partial charge in [-0.15, -0.1) is 0 Å². The normalized spacial score (nSPS) is 10.7. The fraction of sp³-hybridized carbons (Fsp3) is 0.333. The molecular weight excluding hydrogens is 442 g/mol. The Labute approximate surface area is 186 Å². The van der Waals surface area contributed by atoms with Crippen molar-refractivity contribution < 1.29 is 9.53 Å². The van der Waals surface area contributed by atoms with E-state index in [1.165, 1.54) is 24.0 Å². The molecule has 0 fully saturated rings. The van der Waals surface area contributed by atoms with E-state index in [1.807, 2.05) is 18.3 Å². The van der Waals surface area contributed by atoms with Crippen LogP contribution in [0.2, 0.25) is 0 Å². The number of aromatic nitrogens is 2. The number of H-pyrrole nitrogens is 1. The maximum absolute atomic E-state index is 11.7. The number of hydrogen-bond acceptors (Lipinski definition) is 3. The quantitative estimate of drug-likeness (QED) is 0.339. The highest BCUT2D eigenvalue weighted by Gasteiger charge is 2.07. The lowest BCUT2D eigenvalue weighted by atomic mass is 10.0. The number of nitrogens with one attached hydrogen (secondary N) is 2. The van der Waals surface area contributed by atoms with Crippen LogP contribution in [-0.2, 0) is 11.2 Å². The van der Waals surface area contributed by atoms with E-state index in [0.29, 0.717) is 19.6 Å². The number of rotatable bonds is 10. The van der Waals surface area contributed by atoms with Crippen molar-refractivity contribution in [3.63, 3.8) is 0 Å². The zero-order valence-electron chi connectivity index (χ0n) is 17.3. The molecule has 0 spiro atoms. The van der Waals surface area contributed by atoms with Gasteiger partial charge in [-0.1, -0.05) is 78.5 Å². The first-order valence-corrected chi connectivity index (χ1v) is 11.3. The van der Waals surface area contributed by atoms with Gasteiger partial charge < -0.3 is 15.0 Å².